The highest BCUT2D eigenvalue weighted by molar-refractivity contribution is 6.23. The Labute approximate surface area is 466 Å². The first-order valence-corrected chi connectivity index (χ1v) is 27.4. The third-order valence-electron chi connectivity index (χ3n) is 16.0. The number of nitrogens with zero attached hydrogens (tertiary/aromatic N) is 5. The molecule has 6 heteroatoms. The molecule has 0 fully saturated rings. The number of rotatable bonds is 9. The van der Waals surface area contributed by atoms with Crippen LogP contribution in [0.4, 0.5) is 0 Å². The van der Waals surface area contributed by atoms with Gasteiger partial charge in [0, 0.05) is 49.1 Å². The Morgan fingerprint density at radius 3 is 1.43 bits per heavy atom. The molecule has 0 saturated heterocycles. The monoisotopic (exact) mass is 1030 g/mol. The van der Waals surface area contributed by atoms with Gasteiger partial charge < -0.3 is 13.6 Å². The SMILES string of the molecule is c1ccc(-c2cccc(-c3nc(-c4ccc(-c5ccccc5)cc4-n4c5cc(-c6ccccc6)ccc5c5c(-c6cccc7c6c6ccccc6n7-c6ccccc6)cccc54)nc(-c4cccc5c4oc4ccccc45)n3)c2)cc1. The van der Waals surface area contributed by atoms with Gasteiger partial charge in [0.25, 0.3) is 0 Å². The largest absolute Gasteiger partial charge is 0.455 e. The summed E-state index contributed by atoms with van der Waals surface area (Å²) >= 11 is 0. The summed E-state index contributed by atoms with van der Waals surface area (Å²) in [6, 6.07) is 101. The molecule has 0 aliphatic heterocycles. The highest BCUT2D eigenvalue weighted by Crippen LogP contribution is 2.47. The van der Waals surface area contributed by atoms with Gasteiger partial charge in [-0.25, -0.2) is 15.0 Å². The molecule has 4 heterocycles. The van der Waals surface area contributed by atoms with E-state index < -0.39 is 0 Å². The maximum atomic E-state index is 6.71. The molecule has 0 radical (unpaired) electrons. The molecule has 0 unspecified atom stereocenters. The molecule has 378 valence electrons. The van der Waals surface area contributed by atoms with Crippen LogP contribution in [0.1, 0.15) is 0 Å². The quantitative estimate of drug-likeness (QED) is 0.145. The Morgan fingerprint density at radius 2 is 0.728 bits per heavy atom. The minimum Gasteiger partial charge on any atom is -0.455 e. The molecule has 0 aliphatic rings. The van der Waals surface area contributed by atoms with Crippen LogP contribution < -0.4 is 0 Å². The topological polar surface area (TPSA) is 61.7 Å². The van der Waals surface area contributed by atoms with E-state index in [1.54, 1.807) is 0 Å². The molecule has 6 nitrogen and oxygen atoms in total. The fourth-order valence-electron chi connectivity index (χ4n) is 12.3. The minimum atomic E-state index is 0.515. The Kier molecular flexibility index (Phi) is 10.8. The lowest BCUT2D eigenvalue weighted by Crippen LogP contribution is -2.04. The zero-order valence-corrected chi connectivity index (χ0v) is 43.8. The van der Waals surface area contributed by atoms with E-state index in [0.29, 0.717) is 17.5 Å². The second-order valence-corrected chi connectivity index (χ2v) is 20.7. The summed E-state index contributed by atoms with van der Waals surface area (Å²) < 4.78 is 11.6. The maximum Gasteiger partial charge on any atom is 0.167 e. The van der Waals surface area contributed by atoms with Crippen LogP contribution in [-0.2, 0) is 0 Å². The summed E-state index contributed by atoms with van der Waals surface area (Å²) in [4.78, 5) is 16.5. The van der Waals surface area contributed by atoms with E-state index in [-0.39, 0.29) is 0 Å². The van der Waals surface area contributed by atoms with Crippen LogP contribution in [0.15, 0.2) is 290 Å². The molecule has 0 aliphatic carbocycles. The van der Waals surface area contributed by atoms with E-state index in [2.05, 4.69) is 276 Å². The molecule has 0 saturated carbocycles. The zero-order chi connectivity index (χ0) is 53.4. The molecule has 0 atom stereocenters. The molecule has 0 bridgehead atoms. The summed E-state index contributed by atoms with van der Waals surface area (Å²) in [5, 5.41) is 6.73. The fraction of sp³-hybridized carbons (Fsp3) is 0. The van der Waals surface area contributed by atoms with Gasteiger partial charge in [-0.2, -0.15) is 0 Å². The molecule has 0 spiro atoms. The van der Waals surface area contributed by atoms with Gasteiger partial charge in [0.15, 0.2) is 17.5 Å². The highest BCUT2D eigenvalue weighted by Gasteiger charge is 2.25. The Balaban J connectivity index is 1.00. The maximum absolute atomic E-state index is 6.71. The second kappa shape index (κ2) is 18.9. The summed E-state index contributed by atoms with van der Waals surface area (Å²) in [5.41, 5.74) is 19.4. The van der Waals surface area contributed by atoms with E-state index in [9.17, 15) is 0 Å². The number of aromatic nitrogens is 5. The van der Waals surface area contributed by atoms with Crippen molar-refractivity contribution in [3.05, 3.63) is 285 Å². The zero-order valence-electron chi connectivity index (χ0n) is 43.8. The number of hydrogen-bond donors (Lipinski definition) is 0. The molecule has 12 aromatic carbocycles. The Bertz CT molecular complexity index is 5100. The van der Waals surface area contributed by atoms with E-state index in [1.165, 1.54) is 10.8 Å². The van der Waals surface area contributed by atoms with Crippen molar-refractivity contribution in [2.24, 2.45) is 0 Å². The lowest BCUT2D eigenvalue weighted by Gasteiger charge is -2.17. The molecule has 0 amide bonds. The molecular formula is C75H47N5O. The van der Waals surface area contributed by atoms with Crippen molar-refractivity contribution in [3.8, 4) is 90.0 Å². The van der Waals surface area contributed by atoms with Gasteiger partial charge >= 0.3 is 0 Å². The van der Waals surface area contributed by atoms with Gasteiger partial charge in [-0.3, -0.25) is 0 Å². The predicted octanol–water partition coefficient (Wildman–Crippen LogP) is 19.6. The van der Waals surface area contributed by atoms with Gasteiger partial charge in [0.2, 0.25) is 0 Å². The van der Waals surface area contributed by atoms with Gasteiger partial charge in [-0.15, -0.1) is 0 Å². The standard InChI is InChI=1S/C75H47N5O/c1-5-21-48(22-6-1)51-27-17-28-54(45-51)73-76-74(78-75(77-73)63-36-18-35-59-56-31-14-16-40-69(56)81-72(59)63)62-44-42-53(50-25-9-3-10-26-50)47-68(62)80-66-39-20-34-58(71(66)61-43-41-52(46-67(61)80)49-23-7-2-8-24-49)57-33-19-38-65-70(57)60-32-13-15-37-64(60)79(65)55-29-11-4-12-30-55/h1-47H. The number of hydrogen-bond acceptors (Lipinski definition) is 4. The Hall–Kier alpha value is -11.0. The number of furan rings is 1. The van der Waals surface area contributed by atoms with Gasteiger partial charge in [0.1, 0.15) is 11.2 Å². The van der Waals surface area contributed by atoms with Crippen LogP contribution >= 0.6 is 0 Å². The Morgan fingerprint density at radius 1 is 0.259 bits per heavy atom. The summed E-state index contributed by atoms with van der Waals surface area (Å²) in [5.74, 6) is 1.60. The average Bonchev–Trinajstić information content (AvgIpc) is 3.80. The predicted molar refractivity (Wildman–Crippen MR) is 334 cm³/mol. The van der Waals surface area contributed by atoms with Crippen LogP contribution in [0.5, 0.6) is 0 Å². The van der Waals surface area contributed by atoms with E-state index >= 15 is 0 Å². The third kappa shape index (κ3) is 7.68. The van der Waals surface area contributed by atoms with Gasteiger partial charge in [0.05, 0.1) is 33.3 Å². The number of benzene rings is 12. The minimum absolute atomic E-state index is 0.515. The molecule has 4 aromatic heterocycles. The van der Waals surface area contributed by atoms with E-state index in [0.717, 1.165) is 127 Å². The summed E-state index contributed by atoms with van der Waals surface area (Å²) in [6.45, 7) is 0. The lowest BCUT2D eigenvalue weighted by atomic mass is 9.95. The number of fused-ring (bicyclic) bond motifs is 9. The average molecular weight is 1030 g/mol. The summed E-state index contributed by atoms with van der Waals surface area (Å²) in [7, 11) is 0. The first-order valence-electron chi connectivity index (χ1n) is 27.4. The molecular weight excluding hydrogens is 987 g/mol. The molecule has 81 heavy (non-hydrogen) atoms. The lowest BCUT2D eigenvalue weighted by molar-refractivity contribution is 0.669. The van der Waals surface area contributed by atoms with E-state index in [4.69, 9.17) is 19.4 Å². The second-order valence-electron chi connectivity index (χ2n) is 20.7. The highest BCUT2D eigenvalue weighted by atomic mass is 16.3. The van der Waals surface area contributed by atoms with Crippen LogP contribution in [0, 0.1) is 0 Å². The van der Waals surface area contributed by atoms with Crippen molar-refractivity contribution in [1.29, 1.82) is 0 Å². The van der Waals surface area contributed by atoms with Crippen molar-refractivity contribution in [1.82, 2.24) is 24.1 Å². The van der Waals surface area contributed by atoms with Crippen LogP contribution in [0.2, 0.25) is 0 Å². The molecule has 0 N–H and O–H groups in total. The van der Waals surface area contributed by atoms with Crippen LogP contribution in [0.25, 0.3) is 156 Å². The normalized spacial score (nSPS) is 11.7. The van der Waals surface area contributed by atoms with E-state index in [1.807, 2.05) is 18.2 Å². The molecule has 16 rings (SSSR count). The van der Waals surface area contributed by atoms with Gasteiger partial charge in [-0.1, -0.05) is 218 Å². The van der Waals surface area contributed by atoms with Crippen molar-refractivity contribution in [2.45, 2.75) is 0 Å². The first-order chi connectivity index (χ1) is 40.2. The van der Waals surface area contributed by atoms with Crippen LogP contribution in [-0.4, -0.2) is 24.1 Å². The fourth-order valence-corrected chi connectivity index (χ4v) is 12.3. The van der Waals surface area contributed by atoms with Crippen molar-refractivity contribution in [2.75, 3.05) is 0 Å². The smallest absolute Gasteiger partial charge is 0.167 e. The summed E-state index contributed by atoms with van der Waals surface area (Å²) in [6.07, 6.45) is 0. The van der Waals surface area contributed by atoms with Crippen molar-refractivity contribution >= 4 is 65.6 Å². The third-order valence-corrected chi connectivity index (χ3v) is 16.0. The van der Waals surface area contributed by atoms with Crippen LogP contribution in [0.3, 0.4) is 0 Å². The number of para-hydroxylation sites is 4. The van der Waals surface area contributed by atoms with Crippen molar-refractivity contribution < 1.29 is 4.42 Å². The molecule has 16 aromatic rings. The van der Waals surface area contributed by atoms with Gasteiger partial charge in [-0.05, 0) is 111 Å². The van der Waals surface area contributed by atoms with Crippen molar-refractivity contribution in [3.63, 3.8) is 0 Å². The first kappa shape index (κ1) is 46.2.